The summed E-state index contributed by atoms with van der Waals surface area (Å²) in [5.41, 5.74) is 0.949. The zero-order chi connectivity index (χ0) is 14.4. The van der Waals surface area contributed by atoms with E-state index in [-0.39, 0.29) is 11.4 Å². The van der Waals surface area contributed by atoms with Crippen LogP contribution in [0.2, 0.25) is 0 Å². The fourth-order valence-electron chi connectivity index (χ4n) is 2.77. The quantitative estimate of drug-likeness (QED) is 0.685. The van der Waals surface area contributed by atoms with Crippen LogP contribution < -0.4 is 0 Å². The molecule has 1 aromatic carbocycles. The van der Waals surface area contributed by atoms with Crippen molar-refractivity contribution in [3.05, 3.63) is 42.0 Å². The summed E-state index contributed by atoms with van der Waals surface area (Å²) in [5, 5.41) is 0. The molecule has 0 heterocycles. The Kier molecular flexibility index (Phi) is 4.99. The summed E-state index contributed by atoms with van der Waals surface area (Å²) in [6, 6.07) is 10.2. The molecule has 0 unspecified atom stereocenters. The maximum atomic E-state index is 12.2. The summed E-state index contributed by atoms with van der Waals surface area (Å²) in [6.45, 7) is 4.51. The van der Waals surface area contributed by atoms with E-state index in [4.69, 9.17) is 4.74 Å². The number of rotatable bonds is 7. The van der Waals surface area contributed by atoms with Crippen LogP contribution in [0.1, 0.15) is 45.1 Å². The molecule has 0 aromatic heterocycles. The molecule has 0 saturated heterocycles. The van der Waals surface area contributed by atoms with Gasteiger partial charge in [-0.2, -0.15) is 0 Å². The molecule has 2 heteroatoms. The van der Waals surface area contributed by atoms with Crippen molar-refractivity contribution in [1.82, 2.24) is 0 Å². The van der Waals surface area contributed by atoms with Gasteiger partial charge >= 0.3 is 5.97 Å². The molecular weight excluding hydrogens is 248 g/mol. The molecule has 0 aliphatic heterocycles. The first-order chi connectivity index (χ1) is 9.73. The van der Waals surface area contributed by atoms with Gasteiger partial charge in [0, 0.05) is 0 Å². The number of benzene rings is 1. The Hall–Kier alpha value is -1.57. The number of esters is 1. The van der Waals surface area contributed by atoms with Crippen molar-refractivity contribution in [2.45, 2.75) is 39.5 Å². The minimum absolute atomic E-state index is 0.00355. The van der Waals surface area contributed by atoms with E-state index < -0.39 is 0 Å². The number of hydrogen-bond donors (Lipinski definition) is 0. The lowest BCUT2D eigenvalue weighted by Gasteiger charge is -2.14. The average Bonchev–Trinajstić information content (AvgIpc) is 3.19. The van der Waals surface area contributed by atoms with E-state index >= 15 is 0 Å². The molecule has 1 aliphatic carbocycles. The van der Waals surface area contributed by atoms with Crippen molar-refractivity contribution < 1.29 is 9.53 Å². The summed E-state index contributed by atoms with van der Waals surface area (Å²) in [6.07, 6.45) is 8.41. The number of hydrogen-bond acceptors (Lipinski definition) is 2. The van der Waals surface area contributed by atoms with E-state index in [2.05, 4.69) is 31.2 Å². The van der Waals surface area contributed by atoms with Crippen LogP contribution >= 0.6 is 0 Å². The normalized spacial score (nSPS) is 24.8. The maximum absolute atomic E-state index is 12.2. The third kappa shape index (κ3) is 3.30. The maximum Gasteiger partial charge on any atom is 0.312 e. The van der Waals surface area contributed by atoms with Gasteiger partial charge < -0.3 is 4.74 Å². The predicted molar refractivity (Wildman–Crippen MR) is 82.2 cm³/mol. The molecular formula is C18H24O2. The fourth-order valence-corrected chi connectivity index (χ4v) is 2.77. The first-order valence-electron chi connectivity index (χ1n) is 7.63. The second-order valence-corrected chi connectivity index (χ2v) is 5.56. The average molecular weight is 272 g/mol. The molecule has 1 fully saturated rings. The van der Waals surface area contributed by atoms with E-state index in [1.54, 1.807) is 0 Å². The van der Waals surface area contributed by atoms with Crippen LogP contribution in [0.15, 0.2) is 36.4 Å². The van der Waals surface area contributed by atoms with E-state index in [1.807, 2.05) is 25.1 Å². The smallest absolute Gasteiger partial charge is 0.312 e. The summed E-state index contributed by atoms with van der Waals surface area (Å²) in [4.78, 5) is 12.2. The Balaban J connectivity index is 2.02. The second-order valence-electron chi connectivity index (χ2n) is 5.56. The van der Waals surface area contributed by atoms with Gasteiger partial charge in [-0.25, -0.2) is 0 Å². The molecule has 0 bridgehead atoms. The predicted octanol–water partition coefficient (Wildman–Crippen LogP) is 4.46. The number of unbranched alkanes of at least 4 members (excludes halogenated alkanes) is 1. The lowest BCUT2D eigenvalue weighted by Crippen LogP contribution is -2.21. The van der Waals surface area contributed by atoms with Crippen LogP contribution in [-0.4, -0.2) is 12.6 Å². The molecule has 2 rings (SSSR count). The van der Waals surface area contributed by atoms with Gasteiger partial charge in [0.25, 0.3) is 0 Å². The van der Waals surface area contributed by atoms with E-state index in [0.29, 0.717) is 12.5 Å². The molecule has 2 nitrogen and oxygen atoms in total. The zero-order valence-corrected chi connectivity index (χ0v) is 12.5. The van der Waals surface area contributed by atoms with Crippen LogP contribution in [0, 0.1) is 11.3 Å². The molecule has 20 heavy (non-hydrogen) atoms. The Bertz CT molecular complexity index is 464. The highest BCUT2D eigenvalue weighted by molar-refractivity contribution is 5.81. The monoisotopic (exact) mass is 272 g/mol. The topological polar surface area (TPSA) is 26.3 Å². The van der Waals surface area contributed by atoms with E-state index in [0.717, 1.165) is 25.7 Å². The molecule has 0 spiro atoms. The molecule has 1 aliphatic rings. The minimum Gasteiger partial charge on any atom is -0.466 e. The molecule has 0 radical (unpaired) electrons. The van der Waals surface area contributed by atoms with Crippen LogP contribution in [-0.2, 0) is 9.53 Å². The Labute approximate surface area is 121 Å². The van der Waals surface area contributed by atoms with Crippen LogP contribution in [0.5, 0.6) is 0 Å². The standard InChI is InChI=1S/C18H24O2/c1-3-5-13-18(17(19)20-4-2)14-16(18)12-11-15-9-7-6-8-10-15/h6-12,16H,3-5,13-14H2,1-2H3/b12-11+/t16-,18-/m0/s1. The number of carbonyl (C=O) groups is 1. The third-order valence-corrected chi connectivity index (χ3v) is 4.11. The fraction of sp³-hybridized carbons (Fsp3) is 0.500. The van der Waals surface area contributed by atoms with Gasteiger partial charge in [0.05, 0.1) is 12.0 Å². The highest BCUT2D eigenvalue weighted by Crippen LogP contribution is 2.58. The summed E-state index contributed by atoms with van der Waals surface area (Å²) < 4.78 is 5.28. The summed E-state index contributed by atoms with van der Waals surface area (Å²) in [7, 11) is 0. The van der Waals surface area contributed by atoms with Gasteiger partial charge in [0.1, 0.15) is 0 Å². The van der Waals surface area contributed by atoms with Gasteiger partial charge in [-0.15, -0.1) is 0 Å². The van der Waals surface area contributed by atoms with Gasteiger partial charge in [-0.1, -0.05) is 62.2 Å². The van der Waals surface area contributed by atoms with Crippen molar-refractivity contribution >= 4 is 12.0 Å². The van der Waals surface area contributed by atoms with Crippen LogP contribution in [0.3, 0.4) is 0 Å². The molecule has 0 amide bonds. The van der Waals surface area contributed by atoms with E-state index in [1.165, 1.54) is 5.56 Å². The van der Waals surface area contributed by atoms with Gasteiger partial charge in [0.15, 0.2) is 0 Å². The lowest BCUT2D eigenvalue weighted by atomic mass is 9.95. The van der Waals surface area contributed by atoms with Crippen molar-refractivity contribution in [2.75, 3.05) is 6.61 Å². The Morgan fingerprint density at radius 1 is 1.35 bits per heavy atom. The first kappa shape index (κ1) is 14.8. The SMILES string of the molecule is CCCC[C@]1(C(=O)OCC)C[C@@H]1/C=C/c1ccccc1. The Morgan fingerprint density at radius 2 is 2.10 bits per heavy atom. The molecule has 108 valence electrons. The van der Waals surface area contributed by atoms with E-state index in [9.17, 15) is 4.79 Å². The van der Waals surface area contributed by atoms with Crippen molar-refractivity contribution in [1.29, 1.82) is 0 Å². The van der Waals surface area contributed by atoms with Crippen LogP contribution in [0.25, 0.3) is 6.08 Å². The lowest BCUT2D eigenvalue weighted by molar-refractivity contribution is -0.150. The molecule has 1 aromatic rings. The summed E-state index contributed by atoms with van der Waals surface area (Å²) in [5.74, 6) is 0.337. The first-order valence-corrected chi connectivity index (χ1v) is 7.63. The Morgan fingerprint density at radius 3 is 2.75 bits per heavy atom. The van der Waals surface area contributed by atoms with Crippen molar-refractivity contribution in [3.63, 3.8) is 0 Å². The van der Waals surface area contributed by atoms with Gasteiger partial charge in [-0.05, 0) is 31.2 Å². The minimum atomic E-state index is -0.239. The zero-order valence-electron chi connectivity index (χ0n) is 12.5. The molecule has 0 N–H and O–H groups in total. The number of allylic oxidation sites excluding steroid dienone is 1. The van der Waals surface area contributed by atoms with Crippen molar-refractivity contribution in [2.24, 2.45) is 11.3 Å². The molecule has 2 atom stereocenters. The highest BCUT2D eigenvalue weighted by atomic mass is 16.5. The molecule has 1 saturated carbocycles. The van der Waals surface area contributed by atoms with Gasteiger partial charge in [-0.3, -0.25) is 4.79 Å². The summed E-state index contributed by atoms with van der Waals surface area (Å²) >= 11 is 0. The third-order valence-electron chi connectivity index (χ3n) is 4.11. The highest BCUT2D eigenvalue weighted by Gasteiger charge is 2.58. The largest absolute Gasteiger partial charge is 0.466 e. The van der Waals surface area contributed by atoms with Crippen LogP contribution in [0.4, 0.5) is 0 Å². The van der Waals surface area contributed by atoms with Gasteiger partial charge in [0.2, 0.25) is 0 Å². The van der Waals surface area contributed by atoms with Crippen molar-refractivity contribution in [3.8, 4) is 0 Å². The number of carbonyl (C=O) groups excluding carboxylic acids is 1. The number of ether oxygens (including phenoxy) is 1. The second kappa shape index (κ2) is 6.74.